The standard InChI is InChI=1S/C38H76GeO11/c1-5-6-7-8-9-10-11-14-17-40-19-21-42-23-25-44-27-29-46-31-33-48-35-37-50-38-36-49-34-32-47-30-28-45-26-24-43-22-20-41-18-15-12-13-16-39(2,3)4/h5-12,14-15,17-38H2,1-4H3. The van der Waals surface area contributed by atoms with Gasteiger partial charge in [-0.05, 0) is 6.42 Å². The summed E-state index contributed by atoms with van der Waals surface area (Å²) in [6.07, 6.45) is 12.4. The summed E-state index contributed by atoms with van der Waals surface area (Å²) in [5.41, 5.74) is 0. The fourth-order valence-corrected chi connectivity index (χ4v) is 5.60. The molecule has 0 aliphatic rings. The van der Waals surface area contributed by atoms with Gasteiger partial charge in [0.1, 0.15) is 0 Å². The number of hydrogen-bond acceptors (Lipinski definition) is 11. The molecule has 0 aromatic rings. The summed E-state index contributed by atoms with van der Waals surface area (Å²) in [5, 5.41) is 0. The summed E-state index contributed by atoms with van der Waals surface area (Å²) in [6, 6.07) is 0. The molecule has 0 spiro atoms. The van der Waals surface area contributed by atoms with E-state index >= 15 is 0 Å². The maximum atomic E-state index is 5.63. The van der Waals surface area contributed by atoms with Gasteiger partial charge in [-0.15, -0.1) is 0 Å². The second kappa shape index (κ2) is 43.1. The molecule has 0 fully saturated rings. The first-order valence-corrected chi connectivity index (χ1v) is 26.8. The van der Waals surface area contributed by atoms with E-state index in [1.54, 1.807) is 0 Å². The van der Waals surface area contributed by atoms with E-state index in [-0.39, 0.29) is 0 Å². The molecule has 0 amide bonds. The molecule has 0 bridgehead atoms. The third kappa shape index (κ3) is 47.7. The second-order valence-electron chi connectivity index (χ2n) is 12.9. The Balaban J connectivity index is 3.08. The monoisotopic (exact) mass is 782 g/mol. The summed E-state index contributed by atoms with van der Waals surface area (Å²) in [6.45, 7) is 14.9. The van der Waals surface area contributed by atoms with E-state index in [1.165, 1.54) is 44.9 Å². The third-order valence-electron chi connectivity index (χ3n) is 6.92. The number of hydrogen-bond donors (Lipinski definition) is 0. The molecule has 298 valence electrons. The zero-order valence-electron chi connectivity index (χ0n) is 32.6. The van der Waals surface area contributed by atoms with Gasteiger partial charge in [0.25, 0.3) is 0 Å². The van der Waals surface area contributed by atoms with Gasteiger partial charge in [0.2, 0.25) is 0 Å². The molecule has 0 heterocycles. The molecule has 12 heteroatoms. The van der Waals surface area contributed by atoms with Crippen LogP contribution in [0, 0.1) is 10.7 Å². The molecule has 0 atom stereocenters. The fourth-order valence-electron chi connectivity index (χ4n) is 4.23. The van der Waals surface area contributed by atoms with Crippen molar-refractivity contribution < 1.29 is 52.1 Å². The SMILES string of the molecule is CCCCCCCCCCOCCOCCOCCOCCOCCOCCOCCOCCOCCOCCOCCCC#[C][Ge]([CH3])([CH3])[CH3]. The van der Waals surface area contributed by atoms with Gasteiger partial charge in [-0.2, -0.15) is 0 Å². The van der Waals surface area contributed by atoms with Crippen molar-refractivity contribution in [1.29, 1.82) is 0 Å². The Morgan fingerprint density at radius 1 is 0.300 bits per heavy atom. The van der Waals surface area contributed by atoms with E-state index in [9.17, 15) is 0 Å². The molecule has 0 rings (SSSR count). The Morgan fingerprint density at radius 3 is 0.820 bits per heavy atom. The second-order valence-corrected chi connectivity index (χ2v) is 22.8. The predicted octanol–water partition coefficient (Wildman–Crippen LogP) is 5.97. The van der Waals surface area contributed by atoms with Crippen LogP contribution in [0.1, 0.15) is 71.1 Å². The van der Waals surface area contributed by atoms with Crippen LogP contribution in [0.4, 0.5) is 0 Å². The average Bonchev–Trinajstić information content (AvgIpc) is 3.09. The van der Waals surface area contributed by atoms with Crippen molar-refractivity contribution in [3.63, 3.8) is 0 Å². The molecule has 0 saturated carbocycles. The molecular weight excluding hydrogens is 705 g/mol. The van der Waals surface area contributed by atoms with Gasteiger partial charge in [-0.3, -0.25) is 0 Å². The van der Waals surface area contributed by atoms with Gasteiger partial charge in [-0.1, -0.05) is 51.9 Å². The quantitative estimate of drug-likeness (QED) is 0.0416. The van der Waals surface area contributed by atoms with Gasteiger partial charge in [0.15, 0.2) is 0 Å². The molecule has 0 aliphatic heterocycles. The van der Waals surface area contributed by atoms with Crippen molar-refractivity contribution in [1.82, 2.24) is 0 Å². The van der Waals surface area contributed by atoms with Crippen LogP contribution in [0.5, 0.6) is 0 Å². The van der Waals surface area contributed by atoms with E-state index in [0.717, 1.165) is 32.5 Å². The first kappa shape index (κ1) is 49.7. The van der Waals surface area contributed by atoms with Crippen LogP contribution in [0.15, 0.2) is 0 Å². The minimum absolute atomic E-state index is 0.523. The Kier molecular flexibility index (Phi) is 42.8. The topological polar surface area (TPSA) is 102 Å². The van der Waals surface area contributed by atoms with E-state index < -0.39 is 13.3 Å². The minimum atomic E-state index is -1.71. The summed E-state index contributed by atoms with van der Waals surface area (Å²) >= 11 is -1.71. The Bertz CT molecular complexity index is 700. The number of unbranched alkanes of at least 4 members (excludes halogenated alkanes) is 8. The van der Waals surface area contributed by atoms with E-state index in [2.05, 4.69) is 34.9 Å². The Morgan fingerprint density at radius 2 is 0.540 bits per heavy atom. The average molecular weight is 782 g/mol. The van der Waals surface area contributed by atoms with Crippen LogP contribution in [-0.2, 0) is 52.1 Å². The van der Waals surface area contributed by atoms with Gasteiger partial charge in [0, 0.05) is 6.61 Å². The molecule has 0 aromatic carbocycles. The van der Waals surface area contributed by atoms with Gasteiger partial charge < -0.3 is 37.9 Å². The van der Waals surface area contributed by atoms with Crippen LogP contribution in [0.25, 0.3) is 0 Å². The van der Waals surface area contributed by atoms with Gasteiger partial charge >= 0.3 is 101 Å². The molecule has 0 aliphatic carbocycles. The summed E-state index contributed by atoms with van der Waals surface area (Å²) in [4.78, 5) is 0. The van der Waals surface area contributed by atoms with Crippen molar-refractivity contribution in [3.05, 3.63) is 0 Å². The molecule has 0 radical (unpaired) electrons. The molecular formula is C38H76GeO11. The van der Waals surface area contributed by atoms with Crippen LogP contribution in [-0.4, -0.2) is 159 Å². The van der Waals surface area contributed by atoms with E-state index in [1.807, 2.05) is 0 Å². The molecule has 11 nitrogen and oxygen atoms in total. The van der Waals surface area contributed by atoms with Crippen LogP contribution in [0.3, 0.4) is 0 Å². The van der Waals surface area contributed by atoms with Crippen molar-refractivity contribution >= 4 is 13.3 Å². The predicted molar refractivity (Wildman–Crippen MR) is 202 cm³/mol. The normalized spacial score (nSPS) is 11.7. The van der Waals surface area contributed by atoms with E-state index in [4.69, 9.17) is 52.1 Å². The van der Waals surface area contributed by atoms with Crippen LogP contribution < -0.4 is 0 Å². The molecule has 0 saturated heterocycles. The van der Waals surface area contributed by atoms with Crippen molar-refractivity contribution in [2.24, 2.45) is 0 Å². The summed E-state index contributed by atoms with van der Waals surface area (Å²) in [7, 11) is 0. The van der Waals surface area contributed by atoms with Crippen LogP contribution in [0.2, 0.25) is 17.3 Å². The molecule has 0 unspecified atom stereocenters. The van der Waals surface area contributed by atoms with Gasteiger partial charge in [0.05, 0.1) is 106 Å². The van der Waals surface area contributed by atoms with Crippen molar-refractivity contribution in [3.8, 4) is 10.7 Å². The fraction of sp³-hybridized carbons (Fsp3) is 0.947. The first-order chi connectivity index (χ1) is 24.6. The van der Waals surface area contributed by atoms with Crippen LogP contribution >= 0.6 is 0 Å². The molecule has 0 N–H and O–H groups in total. The molecule has 50 heavy (non-hydrogen) atoms. The van der Waals surface area contributed by atoms with Crippen molar-refractivity contribution in [2.45, 2.75) is 88.4 Å². The zero-order chi connectivity index (χ0) is 36.3. The van der Waals surface area contributed by atoms with Gasteiger partial charge in [-0.25, -0.2) is 0 Å². The Hall–Kier alpha value is -0.337. The zero-order valence-corrected chi connectivity index (χ0v) is 34.7. The summed E-state index contributed by atoms with van der Waals surface area (Å²) < 4.78 is 64.2. The first-order valence-electron chi connectivity index (χ1n) is 19.4. The molecule has 0 aromatic heterocycles. The maximum absolute atomic E-state index is 5.63. The number of ether oxygens (including phenoxy) is 11. The Labute approximate surface area is 309 Å². The third-order valence-corrected chi connectivity index (χ3v) is 8.86. The van der Waals surface area contributed by atoms with E-state index in [0.29, 0.717) is 132 Å². The number of rotatable bonds is 42. The summed E-state index contributed by atoms with van der Waals surface area (Å²) in [5.74, 6) is 10.2. The van der Waals surface area contributed by atoms with Crippen molar-refractivity contribution in [2.75, 3.05) is 145 Å².